The molecular weight excluding hydrogens is 299 g/mol. The summed E-state index contributed by atoms with van der Waals surface area (Å²) in [4.78, 5) is 4.07. The summed E-state index contributed by atoms with van der Waals surface area (Å²) < 4.78 is 19.0. The number of nitrogens with two attached hydrogens (primary N) is 1. The van der Waals surface area contributed by atoms with Crippen LogP contribution in [-0.4, -0.2) is 11.5 Å². The first-order valence-corrected chi connectivity index (χ1v) is 6.25. The first-order chi connectivity index (χ1) is 8.69. The summed E-state index contributed by atoms with van der Waals surface area (Å²) in [5.74, 6) is 0.840. The van der Waals surface area contributed by atoms with Crippen molar-refractivity contribution < 1.29 is 9.13 Å². The summed E-state index contributed by atoms with van der Waals surface area (Å²) >= 11 is 3.11. The van der Waals surface area contributed by atoms with E-state index in [-0.39, 0.29) is 5.82 Å². The van der Waals surface area contributed by atoms with Gasteiger partial charge in [0.05, 0.1) is 10.7 Å². The summed E-state index contributed by atoms with van der Waals surface area (Å²) in [6.07, 6.45) is 4.11. The Hall–Kier alpha value is -1.46. The van der Waals surface area contributed by atoms with Crippen molar-refractivity contribution in [2.24, 2.45) is 5.73 Å². The number of pyridine rings is 1. The van der Waals surface area contributed by atoms with E-state index in [1.54, 1.807) is 24.5 Å². The van der Waals surface area contributed by atoms with Crippen LogP contribution in [0.3, 0.4) is 0 Å². The van der Waals surface area contributed by atoms with Crippen LogP contribution in [0, 0.1) is 5.82 Å². The van der Waals surface area contributed by atoms with Crippen LogP contribution in [0.4, 0.5) is 4.39 Å². The Kier molecular flexibility index (Phi) is 4.28. The zero-order chi connectivity index (χ0) is 13.0. The number of ether oxygens (including phenoxy) is 1. The molecule has 5 heteroatoms. The lowest BCUT2D eigenvalue weighted by atomic mass is 10.2. The molecule has 0 saturated heterocycles. The van der Waals surface area contributed by atoms with Gasteiger partial charge < -0.3 is 10.5 Å². The fourth-order valence-corrected chi connectivity index (χ4v) is 1.86. The minimum Gasteiger partial charge on any atom is -0.456 e. The Morgan fingerprint density at radius 2 is 2.06 bits per heavy atom. The van der Waals surface area contributed by atoms with Crippen molar-refractivity contribution in [3.63, 3.8) is 0 Å². The fourth-order valence-electron chi connectivity index (χ4n) is 1.50. The summed E-state index contributed by atoms with van der Waals surface area (Å²) in [5, 5.41) is 0. The highest BCUT2D eigenvalue weighted by Crippen LogP contribution is 2.26. The van der Waals surface area contributed by atoms with E-state index in [0.717, 1.165) is 12.0 Å². The van der Waals surface area contributed by atoms with Crippen molar-refractivity contribution in [3.8, 4) is 11.5 Å². The molecule has 0 saturated carbocycles. The summed E-state index contributed by atoms with van der Waals surface area (Å²) in [6.45, 7) is 0.563. The van der Waals surface area contributed by atoms with Crippen molar-refractivity contribution in [2.75, 3.05) is 6.54 Å². The molecule has 3 nitrogen and oxygen atoms in total. The maximum Gasteiger partial charge on any atom is 0.145 e. The highest BCUT2D eigenvalue weighted by Gasteiger charge is 2.03. The van der Waals surface area contributed by atoms with Crippen molar-refractivity contribution in [1.82, 2.24) is 4.98 Å². The van der Waals surface area contributed by atoms with Crippen molar-refractivity contribution in [2.45, 2.75) is 6.42 Å². The molecule has 0 amide bonds. The van der Waals surface area contributed by atoms with Crippen LogP contribution in [0.15, 0.2) is 41.1 Å². The van der Waals surface area contributed by atoms with Gasteiger partial charge in [0.2, 0.25) is 0 Å². The Morgan fingerprint density at radius 1 is 1.22 bits per heavy atom. The molecule has 0 aliphatic carbocycles. The van der Waals surface area contributed by atoms with Crippen LogP contribution in [0.2, 0.25) is 0 Å². The predicted molar refractivity (Wildman–Crippen MR) is 71.2 cm³/mol. The van der Waals surface area contributed by atoms with E-state index < -0.39 is 0 Å². The molecule has 0 spiro atoms. The Balaban J connectivity index is 2.17. The monoisotopic (exact) mass is 310 g/mol. The van der Waals surface area contributed by atoms with E-state index in [0.29, 0.717) is 22.5 Å². The quantitative estimate of drug-likeness (QED) is 0.942. The molecule has 0 bridgehead atoms. The molecule has 2 aromatic rings. The van der Waals surface area contributed by atoms with Crippen molar-refractivity contribution in [1.29, 1.82) is 0 Å². The third-order valence-corrected chi connectivity index (χ3v) is 2.94. The lowest BCUT2D eigenvalue weighted by Crippen LogP contribution is -2.03. The topological polar surface area (TPSA) is 48.1 Å². The molecule has 1 aromatic carbocycles. The second-order valence-electron chi connectivity index (χ2n) is 3.75. The molecule has 0 aliphatic rings. The van der Waals surface area contributed by atoms with E-state index in [2.05, 4.69) is 20.9 Å². The van der Waals surface area contributed by atoms with Crippen LogP contribution >= 0.6 is 15.9 Å². The third-order valence-electron chi connectivity index (χ3n) is 2.33. The highest BCUT2D eigenvalue weighted by atomic mass is 79.9. The lowest BCUT2D eigenvalue weighted by molar-refractivity contribution is 0.476. The average molecular weight is 311 g/mol. The van der Waals surface area contributed by atoms with Crippen LogP contribution in [0.1, 0.15) is 5.56 Å². The lowest BCUT2D eigenvalue weighted by Gasteiger charge is -2.07. The molecule has 2 N–H and O–H groups in total. The first kappa shape index (κ1) is 13.0. The fraction of sp³-hybridized carbons (Fsp3) is 0.154. The highest BCUT2D eigenvalue weighted by molar-refractivity contribution is 9.10. The van der Waals surface area contributed by atoms with Gasteiger partial charge in [0, 0.05) is 6.20 Å². The summed E-state index contributed by atoms with van der Waals surface area (Å²) in [6, 6.07) is 6.36. The maximum absolute atomic E-state index is 13.1. The Labute approximate surface area is 113 Å². The van der Waals surface area contributed by atoms with Gasteiger partial charge >= 0.3 is 0 Å². The minimum absolute atomic E-state index is 0.322. The van der Waals surface area contributed by atoms with Crippen LogP contribution in [0.5, 0.6) is 11.5 Å². The third kappa shape index (κ3) is 3.27. The molecule has 94 valence electrons. The van der Waals surface area contributed by atoms with Gasteiger partial charge in [0.15, 0.2) is 0 Å². The predicted octanol–water partition coefficient (Wildman–Crippen LogP) is 3.28. The Morgan fingerprint density at radius 3 is 2.78 bits per heavy atom. The molecule has 0 unspecified atom stereocenters. The standard InChI is InChI=1S/C13H12BrFN2O/c14-12-6-10(1-2-13(12)15)18-11-5-9(3-4-16)7-17-8-11/h1-2,5-8H,3-4,16H2. The number of aromatic nitrogens is 1. The zero-order valence-electron chi connectivity index (χ0n) is 9.57. The van der Waals surface area contributed by atoms with Crippen molar-refractivity contribution in [3.05, 3.63) is 52.5 Å². The molecule has 18 heavy (non-hydrogen) atoms. The smallest absolute Gasteiger partial charge is 0.145 e. The van der Waals surface area contributed by atoms with E-state index in [9.17, 15) is 4.39 Å². The number of halogens is 2. The molecule has 1 aromatic heterocycles. The molecule has 0 fully saturated rings. The van der Waals surface area contributed by atoms with Gasteiger partial charge in [-0.15, -0.1) is 0 Å². The first-order valence-electron chi connectivity index (χ1n) is 5.46. The second kappa shape index (κ2) is 5.93. The van der Waals surface area contributed by atoms with Gasteiger partial charge in [-0.25, -0.2) is 4.39 Å². The van der Waals surface area contributed by atoms with Gasteiger partial charge in [-0.1, -0.05) is 0 Å². The maximum atomic E-state index is 13.1. The number of rotatable bonds is 4. The van der Waals surface area contributed by atoms with E-state index in [1.165, 1.54) is 6.07 Å². The molecule has 0 aliphatic heterocycles. The van der Waals surface area contributed by atoms with Gasteiger partial charge in [-0.3, -0.25) is 4.98 Å². The molecule has 1 heterocycles. The average Bonchev–Trinajstić information content (AvgIpc) is 2.35. The zero-order valence-corrected chi connectivity index (χ0v) is 11.2. The molecule has 0 radical (unpaired) electrons. The number of nitrogens with zero attached hydrogens (tertiary/aromatic N) is 1. The van der Waals surface area contributed by atoms with Crippen LogP contribution in [-0.2, 0) is 6.42 Å². The summed E-state index contributed by atoms with van der Waals surface area (Å²) in [5.41, 5.74) is 6.49. The summed E-state index contributed by atoms with van der Waals surface area (Å²) in [7, 11) is 0. The van der Waals surface area contributed by atoms with Gasteiger partial charge in [-0.2, -0.15) is 0 Å². The van der Waals surface area contributed by atoms with Gasteiger partial charge in [0.25, 0.3) is 0 Å². The molecule has 2 rings (SSSR count). The number of hydrogen-bond donors (Lipinski definition) is 1. The van der Waals surface area contributed by atoms with Crippen molar-refractivity contribution >= 4 is 15.9 Å². The van der Waals surface area contributed by atoms with E-state index in [1.807, 2.05) is 6.07 Å². The normalized spacial score (nSPS) is 10.4. The van der Waals surface area contributed by atoms with Gasteiger partial charge in [0.1, 0.15) is 17.3 Å². The Bertz CT molecular complexity index is 548. The second-order valence-corrected chi connectivity index (χ2v) is 4.60. The largest absolute Gasteiger partial charge is 0.456 e. The number of hydrogen-bond acceptors (Lipinski definition) is 3. The van der Waals surface area contributed by atoms with Gasteiger partial charge in [-0.05, 0) is 58.7 Å². The minimum atomic E-state index is -0.322. The van der Waals surface area contributed by atoms with Crippen LogP contribution in [0.25, 0.3) is 0 Å². The molecular formula is C13H12BrFN2O. The van der Waals surface area contributed by atoms with E-state index in [4.69, 9.17) is 10.5 Å². The van der Waals surface area contributed by atoms with Crippen LogP contribution < -0.4 is 10.5 Å². The number of benzene rings is 1. The van der Waals surface area contributed by atoms with E-state index >= 15 is 0 Å². The SMILES string of the molecule is NCCc1cncc(Oc2ccc(F)c(Br)c2)c1. The molecule has 0 atom stereocenters.